The van der Waals surface area contributed by atoms with E-state index in [1.807, 2.05) is 0 Å². The molecular weight excluding hydrogens is 275 g/mol. The van der Waals surface area contributed by atoms with Gasteiger partial charge in [-0.1, -0.05) is 25.8 Å². The molecule has 0 N–H and O–H groups in total. The standard InChI is InChI=1S/C10H11F4O3P/c11-8-4-2-1-3-7(8)5-6-9(10(12,13)14)18(15,16)17/h1-4,9H,5-6H2,(H2,15,16,17)/p-2. The first-order valence-corrected chi connectivity index (χ1v) is 6.55. The Morgan fingerprint density at radius 1 is 1.22 bits per heavy atom. The summed E-state index contributed by atoms with van der Waals surface area (Å²) in [5, 5.41) is 0. The quantitative estimate of drug-likeness (QED) is 0.623. The number of aryl methyl sites for hydroxylation is 1. The van der Waals surface area contributed by atoms with Gasteiger partial charge in [-0.15, -0.1) is 0 Å². The average molecular weight is 284 g/mol. The molecule has 0 heterocycles. The first-order valence-electron chi connectivity index (χ1n) is 4.94. The Labute approximate surface area is 101 Å². The number of alkyl halides is 3. The highest BCUT2D eigenvalue weighted by Gasteiger charge is 2.41. The van der Waals surface area contributed by atoms with E-state index in [4.69, 9.17) is 0 Å². The van der Waals surface area contributed by atoms with Gasteiger partial charge < -0.3 is 14.4 Å². The normalized spacial score (nSPS) is 14.6. The molecular formula is C10H9F4O3P-2. The van der Waals surface area contributed by atoms with Gasteiger partial charge in [-0.3, -0.25) is 0 Å². The molecule has 0 fully saturated rings. The predicted molar refractivity (Wildman–Crippen MR) is 52.2 cm³/mol. The second-order valence-electron chi connectivity index (χ2n) is 3.73. The molecule has 0 saturated heterocycles. The molecule has 1 unspecified atom stereocenters. The van der Waals surface area contributed by atoms with Gasteiger partial charge in [0.05, 0.1) is 5.66 Å². The van der Waals surface area contributed by atoms with Crippen LogP contribution in [0.15, 0.2) is 24.3 Å². The third-order valence-electron chi connectivity index (χ3n) is 2.40. The highest BCUT2D eigenvalue weighted by molar-refractivity contribution is 7.49. The van der Waals surface area contributed by atoms with E-state index < -0.39 is 38.1 Å². The van der Waals surface area contributed by atoms with Crippen molar-refractivity contribution in [2.45, 2.75) is 24.7 Å². The van der Waals surface area contributed by atoms with Gasteiger partial charge >= 0.3 is 6.18 Å². The van der Waals surface area contributed by atoms with Crippen molar-refractivity contribution in [3.63, 3.8) is 0 Å². The molecule has 1 rings (SSSR count). The van der Waals surface area contributed by atoms with Crippen LogP contribution in [0.5, 0.6) is 0 Å². The second kappa shape index (κ2) is 5.38. The van der Waals surface area contributed by atoms with Crippen molar-refractivity contribution >= 4 is 7.60 Å². The third kappa shape index (κ3) is 4.08. The molecule has 0 spiro atoms. The zero-order chi connectivity index (χ0) is 14.0. The summed E-state index contributed by atoms with van der Waals surface area (Å²) in [5.74, 6) is -0.731. The fourth-order valence-corrected chi connectivity index (χ4v) is 2.30. The molecule has 0 aliphatic rings. The van der Waals surface area contributed by atoms with Crippen LogP contribution in [0.2, 0.25) is 0 Å². The second-order valence-corrected chi connectivity index (χ2v) is 5.43. The van der Waals surface area contributed by atoms with Crippen LogP contribution in [0.3, 0.4) is 0 Å². The lowest BCUT2D eigenvalue weighted by Gasteiger charge is -2.39. The number of halogens is 4. The molecule has 0 amide bonds. The van der Waals surface area contributed by atoms with Crippen molar-refractivity contribution in [3.05, 3.63) is 35.6 Å². The molecule has 1 atom stereocenters. The largest absolute Gasteiger partial charge is 0.810 e. The molecule has 18 heavy (non-hydrogen) atoms. The summed E-state index contributed by atoms with van der Waals surface area (Å²) in [6, 6.07) is 5.05. The van der Waals surface area contributed by atoms with Crippen molar-refractivity contribution in [1.29, 1.82) is 0 Å². The molecule has 3 nitrogen and oxygen atoms in total. The first kappa shape index (κ1) is 15.1. The van der Waals surface area contributed by atoms with E-state index in [-0.39, 0.29) is 5.56 Å². The van der Waals surface area contributed by atoms with Crippen molar-refractivity contribution in [2.75, 3.05) is 0 Å². The van der Waals surface area contributed by atoms with Gasteiger partial charge in [-0.25, -0.2) is 4.39 Å². The van der Waals surface area contributed by atoms with Gasteiger partial charge in [0.25, 0.3) is 0 Å². The number of benzene rings is 1. The van der Waals surface area contributed by atoms with Crippen molar-refractivity contribution in [2.24, 2.45) is 0 Å². The summed E-state index contributed by atoms with van der Waals surface area (Å²) >= 11 is 0. The van der Waals surface area contributed by atoms with Crippen LogP contribution in [0.1, 0.15) is 12.0 Å². The fraction of sp³-hybridized carbons (Fsp3) is 0.400. The van der Waals surface area contributed by atoms with E-state index >= 15 is 0 Å². The van der Waals surface area contributed by atoms with Crippen LogP contribution >= 0.6 is 7.60 Å². The molecule has 0 saturated carbocycles. The van der Waals surface area contributed by atoms with Gasteiger partial charge in [0.1, 0.15) is 5.82 Å². The molecule has 0 aliphatic carbocycles. The Morgan fingerprint density at radius 3 is 2.22 bits per heavy atom. The summed E-state index contributed by atoms with van der Waals surface area (Å²) in [6.45, 7) is 0. The van der Waals surface area contributed by atoms with Crippen molar-refractivity contribution in [1.82, 2.24) is 0 Å². The topological polar surface area (TPSA) is 63.2 Å². The van der Waals surface area contributed by atoms with Crippen LogP contribution in [-0.2, 0) is 11.0 Å². The molecule has 0 radical (unpaired) electrons. The van der Waals surface area contributed by atoms with Crippen LogP contribution in [-0.4, -0.2) is 11.8 Å². The molecule has 0 aliphatic heterocycles. The van der Waals surface area contributed by atoms with Crippen LogP contribution < -0.4 is 9.79 Å². The Morgan fingerprint density at radius 2 is 1.78 bits per heavy atom. The number of hydrogen-bond acceptors (Lipinski definition) is 3. The minimum Gasteiger partial charge on any atom is -0.810 e. The Balaban J connectivity index is 2.82. The van der Waals surface area contributed by atoms with Gasteiger partial charge in [-0.05, 0) is 24.5 Å². The van der Waals surface area contributed by atoms with Crippen LogP contribution in [0, 0.1) is 5.82 Å². The van der Waals surface area contributed by atoms with Crippen molar-refractivity contribution < 1.29 is 31.9 Å². The summed E-state index contributed by atoms with van der Waals surface area (Å²) in [4.78, 5) is 21.1. The summed E-state index contributed by atoms with van der Waals surface area (Å²) < 4.78 is 60.7. The molecule has 1 aromatic carbocycles. The molecule has 0 bridgehead atoms. The Hall–Kier alpha value is -0.910. The van der Waals surface area contributed by atoms with Gasteiger partial charge in [0, 0.05) is 0 Å². The Bertz CT molecular complexity index is 455. The minimum absolute atomic E-state index is 0.0554. The average Bonchev–Trinajstić information content (AvgIpc) is 2.17. The van der Waals surface area contributed by atoms with Gasteiger partial charge in [-0.2, -0.15) is 13.2 Å². The monoisotopic (exact) mass is 284 g/mol. The highest BCUT2D eigenvalue weighted by Crippen LogP contribution is 2.44. The number of hydrogen-bond donors (Lipinski definition) is 0. The SMILES string of the molecule is O=P([O-])([O-])C(CCc1ccccc1F)C(F)(F)F. The molecule has 0 aromatic heterocycles. The van der Waals surface area contributed by atoms with Crippen LogP contribution in [0.4, 0.5) is 17.6 Å². The summed E-state index contributed by atoms with van der Waals surface area (Å²) in [6.07, 6.45) is -6.58. The third-order valence-corrected chi connectivity index (χ3v) is 3.72. The van der Waals surface area contributed by atoms with E-state index in [9.17, 15) is 31.9 Å². The van der Waals surface area contributed by atoms with Crippen LogP contribution in [0.25, 0.3) is 0 Å². The van der Waals surface area contributed by atoms with Gasteiger partial charge in [0.15, 0.2) is 0 Å². The van der Waals surface area contributed by atoms with E-state index in [1.165, 1.54) is 18.2 Å². The lowest BCUT2D eigenvalue weighted by atomic mass is 10.1. The van der Waals surface area contributed by atoms with Crippen molar-refractivity contribution in [3.8, 4) is 0 Å². The lowest BCUT2D eigenvalue weighted by molar-refractivity contribution is -0.324. The highest BCUT2D eigenvalue weighted by atomic mass is 31.2. The first-order chi connectivity index (χ1) is 8.12. The number of rotatable bonds is 4. The fourth-order valence-electron chi connectivity index (χ4n) is 1.49. The zero-order valence-corrected chi connectivity index (χ0v) is 9.88. The molecule has 8 heteroatoms. The molecule has 102 valence electrons. The lowest BCUT2D eigenvalue weighted by Crippen LogP contribution is -2.37. The maximum Gasteiger partial charge on any atom is 0.396 e. The maximum atomic E-state index is 13.1. The van der Waals surface area contributed by atoms with E-state index in [1.54, 1.807) is 0 Å². The van der Waals surface area contributed by atoms with Gasteiger partial charge in [0.2, 0.25) is 0 Å². The zero-order valence-electron chi connectivity index (χ0n) is 8.98. The summed E-state index contributed by atoms with van der Waals surface area (Å²) in [5.41, 5.74) is -3.04. The van der Waals surface area contributed by atoms with E-state index in [2.05, 4.69) is 0 Å². The predicted octanol–water partition coefficient (Wildman–Crippen LogP) is 1.60. The molecule has 1 aromatic rings. The summed E-state index contributed by atoms with van der Waals surface area (Å²) in [7, 11) is -5.80. The maximum absolute atomic E-state index is 13.1. The van der Waals surface area contributed by atoms with E-state index in [0.29, 0.717) is 0 Å². The minimum atomic E-state index is -5.80. The van der Waals surface area contributed by atoms with E-state index in [0.717, 1.165) is 6.07 Å². The Kier molecular flexibility index (Phi) is 4.53. The smallest absolute Gasteiger partial charge is 0.396 e.